The van der Waals surface area contributed by atoms with Crippen molar-refractivity contribution in [2.75, 3.05) is 5.73 Å². The Morgan fingerprint density at radius 3 is 2.83 bits per heavy atom. The molecule has 1 amide bonds. The van der Waals surface area contributed by atoms with Gasteiger partial charge >= 0.3 is 0 Å². The summed E-state index contributed by atoms with van der Waals surface area (Å²) >= 11 is 0. The number of aromatic nitrogens is 2. The number of carbonyl (C=O) groups excluding carboxylic acids is 1. The number of nitrogens with zero attached hydrogens (tertiary/aromatic N) is 2. The van der Waals surface area contributed by atoms with E-state index in [1.54, 1.807) is 16.8 Å². The predicted octanol–water partition coefficient (Wildman–Crippen LogP) is 2.34. The van der Waals surface area contributed by atoms with Crippen LogP contribution in [-0.4, -0.2) is 21.3 Å². The number of benzene rings is 1. The molecule has 2 heterocycles. The van der Waals surface area contributed by atoms with Gasteiger partial charge in [0.05, 0.1) is 6.04 Å². The van der Waals surface area contributed by atoms with Crippen LogP contribution < -0.4 is 15.8 Å². The molecule has 122 valence electrons. The molecule has 0 saturated heterocycles. The normalized spacial score (nSPS) is 18.9. The minimum atomic E-state index is -0.360. The molecule has 1 aromatic carbocycles. The van der Waals surface area contributed by atoms with Crippen LogP contribution in [0.4, 0.5) is 5.69 Å². The Morgan fingerprint density at radius 1 is 1.43 bits per heavy atom. The Labute approximate surface area is 135 Å². The van der Waals surface area contributed by atoms with Crippen molar-refractivity contribution in [3.8, 4) is 5.75 Å². The summed E-state index contributed by atoms with van der Waals surface area (Å²) in [4.78, 5) is 12.5. The van der Waals surface area contributed by atoms with Gasteiger partial charge in [-0.15, -0.1) is 0 Å². The number of rotatable bonds is 2. The summed E-state index contributed by atoms with van der Waals surface area (Å²) in [6, 6.07) is 7.14. The first-order valence-electron chi connectivity index (χ1n) is 7.65. The summed E-state index contributed by atoms with van der Waals surface area (Å²) < 4.78 is 7.68. The standard InChI is InChI=1S/C17H22N4O2/c1-10-7-13(20-21(10)4)16(22)19-14-9-17(2,3)23-15-6-5-11(18)8-12(14)15/h5-8,14H,9,18H2,1-4H3,(H,19,22). The number of aryl methyl sites for hydroxylation is 2. The molecular formula is C17H22N4O2. The van der Waals surface area contributed by atoms with Gasteiger partial charge in [-0.1, -0.05) is 0 Å². The minimum absolute atomic E-state index is 0.160. The van der Waals surface area contributed by atoms with Crippen LogP contribution in [0.5, 0.6) is 5.75 Å². The van der Waals surface area contributed by atoms with Gasteiger partial charge in [0.1, 0.15) is 17.0 Å². The van der Waals surface area contributed by atoms with Gasteiger partial charge in [0, 0.05) is 30.4 Å². The number of nitrogens with two attached hydrogens (primary N) is 1. The van der Waals surface area contributed by atoms with Crippen LogP contribution in [0.2, 0.25) is 0 Å². The van der Waals surface area contributed by atoms with E-state index in [1.165, 1.54) is 0 Å². The topological polar surface area (TPSA) is 82.2 Å². The van der Waals surface area contributed by atoms with Crippen molar-refractivity contribution < 1.29 is 9.53 Å². The summed E-state index contributed by atoms with van der Waals surface area (Å²) in [5, 5.41) is 7.30. The van der Waals surface area contributed by atoms with Crippen molar-refractivity contribution in [3.05, 3.63) is 41.2 Å². The van der Waals surface area contributed by atoms with Crippen molar-refractivity contribution in [2.45, 2.75) is 38.8 Å². The molecule has 1 aliphatic rings. The molecule has 0 fully saturated rings. The number of anilines is 1. The van der Waals surface area contributed by atoms with Gasteiger partial charge in [-0.3, -0.25) is 9.48 Å². The van der Waals surface area contributed by atoms with E-state index in [-0.39, 0.29) is 17.6 Å². The number of fused-ring (bicyclic) bond motifs is 1. The largest absolute Gasteiger partial charge is 0.487 e. The van der Waals surface area contributed by atoms with E-state index in [1.807, 2.05) is 40.0 Å². The van der Waals surface area contributed by atoms with Gasteiger partial charge in [-0.05, 0) is 45.0 Å². The van der Waals surface area contributed by atoms with Crippen molar-refractivity contribution in [1.82, 2.24) is 15.1 Å². The van der Waals surface area contributed by atoms with Crippen LogP contribution in [0, 0.1) is 6.92 Å². The molecule has 0 spiro atoms. The molecule has 1 aromatic heterocycles. The third kappa shape index (κ3) is 3.02. The first-order valence-corrected chi connectivity index (χ1v) is 7.65. The highest BCUT2D eigenvalue weighted by molar-refractivity contribution is 5.92. The summed E-state index contributed by atoms with van der Waals surface area (Å²) in [5.41, 5.74) is 8.45. The highest BCUT2D eigenvalue weighted by Crippen LogP contribution is 2.40. The highest BCUT2D eigenvalue weighted by atomic mass is 16.5. The number of hydrogen-bond acceptors (Lipinski definition) is 4. The monoisotopic (exact) mass is 314 g/mol. The lowest BCUT2D eigenvalue weighted by Gasteiger charge is -2.38. The summed E-state index contributed by atoms with van der Waals surface area (Å²) in [5.74, 6) is 0.572. The van der Waals surface area contributed by atoms with Gasteiger partial charge in [-0.25, -0.2) is 0 Å². The summed E-state index contributed by atoms with van der Waals surface area (Å²) in [6.45, 7) is 5.93. The molecule has 0 radical (unpaired) electrons. The fraction of sp³-hybridized carbons (Fsp3) is 0.412. The third-order valence-electron chi connectivity index (χ3n) is 4.14. The van der Waals surface area contributed by atoms with E-state index in [9.17, 15) is 4.79 Å². The van der Waals surface area contributed by atoms with Crippen LogP contribution in [0.25, 0.3) is 0 Å². The molecule has 6 nitrogen and oxygen atoms in total. The predicted molar refractivity (Wildman–Crippen MR) is 88.3 cm³/mol. The first-order chi connectivity index (χ1) is 10.7. The van der Waals surface area contributed by atoms with Crippen LogP contribution in [0.15, 0.2) is 24.3 Å². The van der Waals surface area contributed by atoms with Crippen LogP contribution >= 0.6 is 0 Å². The number of ether oxygens (including phenoxy) is 1. The van der Waals surface area contributed by atoms with Crippen molar-refractivity contribution in [3.63, 3.8) is 0 Å². The zero-order valence-electron chi connectivity index (χ0n) is 13.9. The highest BCUT2D eigenvalue weighted by Gasteiger charge is 2.35. The maximum absolute atomic E-state index is 12.5. The molecule has 1 unspecified atom stereocenters. The molecule has 6 heteroatoms. The lowest BCUT2D eigenvalue weighted by atomic mass is 9.89. The fourth-order valence-corrected chi connectivity index (χ4v) is 2.91. The maximum atomic E-state index is 12.5. The SMILES string of the molecule is Cc1cc(C(=O)NC2CC(C)(C)Oc3ccc(N)cc32)nn1C. The number of nitrogen functional groups attached to an aromatic ring is 1. The first kappa shape index (κ1) is 15.4. The van der Waals surface area contributed by atoms with Gasteiger partial charge in [0.15, 0.2) is 0 Å². The van der Waals surface area contributed by atoms with Crippen molar-refractivity contribution >= 4 is 11.6 Å². The Kier molecular flexibility index (Phi) is 3.55. The van der Waals surface area contributed by atoms with Gasteiger partial charge < -0.3 is 15.8 Å². The van der Waals surface area contributed by atoms with E-state index < -0.39 is 0 Å². The number of carbonyl (C=O) groups is 1. The molecule has 3 rings (SSSR count). The smallest absolute Gasteiger partial charge is 0.272 e. The van der Waals surface area contributed by atoms with Crippen molar-refractivity contribution in [1.29, 1.82) is 0 Å². The second-order valence-corrected chi connectivity index (χ2v) is 6.68. The van der Waals surface area contributed by atoms with E-state index in [0.29, 0.717) is 17.8 Å². The molecule has 0 saturated carbocycles. The van der Waals surface area contributed by atoms with Gasteiger partial charge in [-0.2, -0.15) is 5.10 Å². The third-order valence-corrected chi connectivity index (χ3v) is 4.14. The molecule has 0 aliphatic carbocycles. The molecule has 1 aliphatic heterocycles. The lowest BCUT2D eigenvalue weighted by molar-refractivity contribution is 0.0618. The quantitative estimate of drug-likeness (QED) is 0.834. The fourth-order valence-electron chi connectivity index (χ4n) is 2.91. The zero-order valence-corrected chi connectivity index (χ0v) is 13.9. The molecule has 2 aromatic rings. The Bertz CT molecular complexity index is 744. The number of amides is 1. The summed E-state index contributed by atoms with van der Waals surface area (Å²) in [7, 11) is 1.82. The number of hydrogen-bond donors (Lipinski definition) is 2. The molecular weight excluding hydrogens is 292 g/mol. The molecule has 0 bridgehead atoms. The minimum Gasteiger partial charge on any atom is -0.487 e. The molecule has 23 heavy (non-hydrogen) atoms. The zero-order chi connectivity index (χ0) is 16.8. The Hall–Kier alpha value is -2.50. The van der Waals surface area contributed by atoms with Gasteiger partial charge in [0.2, 0.25) is 0 Å². The molecule has 3 N–H and O–H groups in total. The van der Waals surface area contributed by atoms with Crippen LogP contribution in [-0.2, 0) is 7.05 Å². The van der Waals surface area contributed by atoms with Crippen LogP contribution in [0.3, 0.4) is 0 Å². The lowest BCUT2D eigenvalue weighted by Crippen LogP contribution is -2.41. The van der Waals surface area contributed by atoms with E-state index in [4.69, 9.17) is 10.5 Å². The van der Waals surface area contributed by atoms with Gasteiger partial charge in [0.25, 0.3) is 5.91 Å². The summed E-state index contributed by atoms with van der Waals surface area (Å²) in [6.07, 6.45) is 0.668. The molecule has 1 atom stereocenters. The van der Waals surface area contributed by atoms with Crippen molar-refractivity contribution in [2.24, 2.45) is 7.05 Å². The van der Waals surface area contributed by atoms with E-state index in [0.717, 1.165) is 17.0 Å². The van der Waals surface area contributed by atoms with E-state index >= 15 is 0 Å². The average molecular weight is 314 g/mol. The average Bonchev–Trinajstić information content (AvgIpc) is 2.79. The number of nitrogens with one attached hydrogen (secondary N) is 1. The second-order valence-electron chi connectivity index (χ2n) is 6.68. The van der Waals surface area contributed by atoms with E-state index in [2.05, 4.69) is 10.4 Å². The second kappa shape index (κ2) is 5.30. The Morgan fingerprint density at radius 2 is 2.17 bits per heavy atom. The Balaban J connectivity index is 1.90. The van der Waals surface area contributed by atoms with Crippen LogP contribution in [0.1, 0.15) is 48.1 Å². The maximum Gasteiger partial charge on any atom is 0.272 e.